The summed E-state index contributed by atoms with van der Waals surface area (Å²) in [7, 11) is 0. The maximum atomic E-state index is 3.47. The Kier molecular flexibility index (Phi) is 3.27. The molecule has 2 heteroatoms. The molecular weight excluding hydrogens is 184 g/mol. The van der Waals surface area contributed by atoms with Crippen LogP contribution in [0.25, 0.3) is 0 Å². The number of fused-ring (bicyclic) bond motifs is 1. The van der Waals surface area contributed by atoms with Gasteiger partial charge in [0.2, 0.25) is 0 Å². The van der Waals surface area contributed by atoms with Gasteiger partial charge in [-0.25, -0.2) is 0 Å². The normalized spacial score (nSPS) is 14.1. The Hall–Kier alpha value is -1.02. The second-order valence-corrected chi connectivity index (χ2v) is 4.69. The molecule has 0 unspecified atom stereocenters. The van der Waals surface area contributed by atoms with Gasteiger partial charge in [-0.15, -0.1) is 0 Å². The molecule has 0 bridgehead atoms. The summed E-state index contributed by atoms with van der Waals surface area (Å²) in [6.45, 7) is 7.65. The Balaban J connectivity index is 1.92. The average molecular weight is 204 g/mol. The van der Waals surface area contributed by atoms with Crippen LogP contribution >= 0.6 is 0 Å². The van der Waals surface area contributed by atoms with E-state index in [2.05, 4.69) is 42.7 Å². The predicted molar refractivity (Wildman–Crippen MR) is 65.2 cm³/mol. The molecule has 0 amide bonds. The molecule has 0 aromatic heterocycles. The van der Waals surface area contributed by atoms with Crippen LogP contribution in [-0.4, -0.2) is 13.1 Å². The third kappa shape index (κ3) is 2.72. The lowest BCUT2D eigenvalue weighted by Crippen LogP contribution is -2.18. The molecule has 0 saturated carbocycles. The summed E-state index contributed by atoms with van der Waals surface area (Å²) in [5.41, 5.74) is 4.19. The van der Waals surface area contributed by atoms with Gasteiger partial charge in [-0.05, 0) is 36.1 Å². The van der Waals surface area contributed by atoms with Gasteiger partial charge in [-0.1, -0.05) is 26.0 Å². The molecule has 0 saturated heterocycles. The fourth-order valence-corrected chi connectivity index (χ4v) is 1.97. The largest absolute Gasteiger partial charge is 0.384 e. The van der Waals surface area contributed by atoms with Crippen molar-refractivity contribution in [3.63, 3.8) is 0 Å². The molecule has 1 aromatic carbocycles. The number of anilines is 1. The van der Waals surface area contributed by atoms with E-state index in [0.717, 1.165) is 25.6 Å². The van der Waals surface area contributed by atoms with Crippen molar-refractivity contribution in [2.24, 2.45) is 5.92 Å². The minimum Gasteiger partial charge on any atom is -0.384 e. The fourth-order valence-electron chi connectivity index (χ4n) is 1.97. The lowest BCUT2D eigenvalue weighted by molar-refractivity contribution is 0.552. The van der Waals surface area contributed by atoms with Crippen molar-refractivity contribution in [2.45, 2.75) is 26.8 Å². The van der Waals surface area contributed by atoms with Gasteiger partial charge in [0.05, 0.1) is 0 Å². The molecule has 15 heavy (non-hydrogen) atoms. The van der Waals surface area contributed by atoms with E-state index < -0.39 is 0 Å². The van der Waals surface area contributed by atoms with Crippen LogP contribution in [0.1, 0.15) is 25.0 Å². The highest BCUT2D eigenvalue weighted by Crippen LogP contribution is 2.22. The Labute approximate surface area is 92.1 Å². The molecule has 2 N–H and O–H groups in total. The van der Waals surface area contributed by atoms with Crippen molar-refractivity contribution in [1.29, 1.82) is 0 Å². The summed E-state index contributed by atoms with van der Waals surface area (Å²) in [6, 6.07) is 6.74. The second-order valence-electron chi connectivity index (χ2n) is 4.69. The zero-order valence-corrected chi connectivity index (χ0v) is 9.64. The molecule has 82 valence electrons. The van der Waals surface area contributed by atoms with Crippen molar-refractivity contribution in [2.75, 3.05) is 18.4 Å². The quantitative estimate of drug-likeness (QED) is 0.787. The van der Waals surface area contributed by atoms with Crippen molar-refractivity contribution < 1.29 is 0 Å². The van der Waals surface area contributed by atoms with E-state index in [9.17, 15) is 0 Å². The van der Waals surface area contributed by atoms with Gasteiger partial charge in [0.1, 0.15) is 0 Å². The highest BCUT2D eigenvalue weighted by atomic mass is 14.9. The summed E-state index contributed by atoms with van der Waals surface area (Å²) >= 11 is 0. The smallest absolute Gasteiger partial charge is 0.0373 e. The Morgan fingerprint density at radius 1 is 1.40 bits per heavy atom. The number of rotatable bonds is 4. The summed E-state index contributed by atoms with van der Waals surface area (Å²) < 4.78 is 0. The maximum absolute atomic E-state index is 3.47. The summed E-state index contributed by atoms with van der Waals surface area (Å²) in [5, 5.41) is 6.85. The Bertz CT molecular complexity index is 331. The van der Waals surface area contributed by atoms with E-state index in [1.165, 1.54) is 23.2 Å². The van der Waals surface area contributed by atoms with E-state index in [-0.39, 0.29) is 0 Å². The molecule has 1 heterocycles. The third-order valence-electron chi connectivity index (χ3n) is 2.76. The van der Waals surface area contributed by atoms with E-state index in [1.807, 2.05) is 0 Å². The van der Waals surface area contributed by atoms with Crippen LogP contribution in [0.15, 0.2) is 18.2 Å². The summed E-state index contributed by atoms with van der Waals surface area (Å²) in [4.78, 5) is 0. The first kappa shape index (κ1) is 10.5. The molecule has 0 aliphatic carbocycles. The molecule has 0 spiro atoms. The van der Waals surface area contributed by atoms with Crippen LogP contribution in [0.4, 0.5) is 5.69 Å². The number of hydrogen-bond acceptors (Lipinski definition) is 2. The van der Waals surface area contributed by atoms with Crippen LogP contribution in [0, 0.1) is 5.92 Å². The zero-order valence-electron chi connectivity index (χ0n) is 9.64. The molecule has 0 radical (unpaired) electrons. The molecule has 1 aromatic rings. The van der Waals surface area contributed by atoms with Crippen molar-refractivity contribution in [1.82, 2.24) is 5.32 Å². The first-order chi connectivity index (χ1) is 7.25. The van der Waals surface area contributed by atoms with Crippen LogP contribution in [0.2, 0.25) is 0 Å². The summed E-state index contributed by atoms with van der Waals surface area (Å²) in [5.74, 6) is 0.723. The second kappa shape index (κ2) is 4.67. The lowest BCUT2D eigenvalue weighted by Gasteiger charge is -2.08. The monoisotopic (exact) mass is 204 g/mol. The first-order valence-corrected chi connectivity index (χ1v) is 5.82. The molecule has 1 aliphatic heterocycles. The van der Waals surface area contributed by atoms with Gasteiger partial charge < -0.3 is 10.6 Å². The number of benzene rings is 1. The molecule has 0 atom stereocenters. The van der Waals surface area contributed by atoms with Crippen LogP contribution < -0.4 is 10.6 Å². The van der Waals surface area contributed by atoms with Crippen molar-refractivity contribution in [3.05, 3.63) is 29.3 Å². The van der Waals surface area contributed by atoms with E-state index in [1.54, 1.807) is 0 Å². The highest BCUT2D eigenvalue weighted by Gasteiger charge is 2.09. The predicted octanol–water partition coefficient (Wildman–Crippen LogP) is 2.40. The Morgan fingerprint density at radius 3 is 3.07 bits per heavy atom. The SMILES string of the molecule is CC(C)CNCc1ccc2c(c1)CCN2. The Morgan fingerprint density at radius 2 is 2.27 bits per heavy atom. The van der Waals surface area contributed by atoms with Gasteiger partial charge in [0.15, 0.2) is 0 Å². The molecular formula is C13H20N2. The van der Waals surface area contributed by atoms with Gasteiger partial charge >= 0.3 is 0 Å². The highest BCUT2D eigenvalue weighted by molar-refractivity contribution is 5.56. The van der Waals surface area contributed by atoms with Gasteiger partial charge in [0.25, 0.3) is 0 Å². The summed E-state index contributed by atoms with van der Waals surface area (Å²) in [6.07, 6.45) is 1.17. The van der Waals surface area contributed by atoms with Gasteiger partial charge in [-0.3, -0.25) is 0 Å². The van der Waals surface area contributed by atoms with Gasteiger partial charge in [0, 0.05) is 18.8 Å². The molecule has 0 fully saturated rings. The average Bonchev–Trinajstić information content (AvgIpc) is 2.64. The minimum atomic E-state index is 0.723. The standard InChI is InChI=1S/C13H20N2/c1-10(2)8-14-9-11-3-4-13-12(7-11)5-6-15-13/h3-4,7,10,14-15H,5-6,8-9H2,1-2H3. The van der Waals surface area contributed by atoms with E-state index >= 15 is 0 Å². The zero-order chi connectivity index (χ0) is 10.7. The van der Waals surface area contributed by atoms with Crippen LogP contribution in [0.5, 0.6) is 0 Å². The number of nitrogens with one attached hydrogen (secondary N) is 2. The van der Waals surface area contributed by atoms with E-state index in [4.69, 9.17) is 0 Å². The minimum absolute atomic E-state index is 0.723. The van der Waals surface area contributed by atoms with Crippen LogP contribution in [0.3, 0.4) is 0 Å². The molecule has 2 nitrogen and oxygen atoms in total. The third-order valence-corrected chi connectivity index (χ3v) is 2.76. The van der Waals surface area contributed by atoms with Crippen molar-refractivity contribution >= 4 is 5.69 Å². The lowest BCUT2D eigenvalue weighted by atomic mass is 10.1. The maximum Gasteiger partial charge on any atom is 0.0373 e. The molecule has 1 aliphatic rings. The number of hydrogen-bond donors (Lipinski definition) is 2. The van der Waals surface area contributed by atoms with Crippen LogP contribution in [-0.2, 0) is 13.0 Å². The van der Waals surface area contributed by atoms with Crippen molar-refractivity contribution in [3.8, 4) is 0 Å². The topological polar surface area (TPSA) is 24.1 Å². The fraction of sp³-hybridized carbons (Fsp3) is 0.538. The molecule has 2 rings (SSSR count). The first-order valence-electron chi connectivity index (χ1n) is 5.82. The van der Waals surface area contributed by atoms with E-state index in [0.29, 0.717) is 0 Å². The van der Waals surface area contributed by atoms with Gasteiger partial charge in [-0.2, -0.15) is 0 Å².